The van der Waals surface area contributed by atoms with Gasteiger partial charge in [0.15, 0.2) is 12.2 Å². The second-order valence-electron chi connectivity index (χ2n) is 9.72. The number of fused-ring (bicyclic) bond motifs is 3. The first-order valence-electron chi connectivity index (χ1n) is 13.7. The van der Waals surface area contributed by atoms with Gasteiger partial charge in [-0.2, -0.15) is 0 Å². The molecule has 0 saturated heterocycles. The molecule has 4 aromatic carbocycles. The van der Waals surface area contributed by atoms with E-state index in [1.54, 1.807) is 40.6 Å². The van der Waals surface area contributed by atoms with E-state index in [0.29, 0.717) is 58.8 Å². The topological polar surface area (TPSA) is 73.8 Å². The lowest BCUT2D eigenvalue weighted by Gasteiger charge is -2.33. The molecule has 8 heteroatoms. The summed E-state index contributed by atoms with van der Waals surface area (Å²) in [5.41, 5.74) is 3.46. The molecule has 0 fully saturated rings. The molecule has 1 heterocycles. The Morgan fingerprint density at radius 3 is 1.29 bits per heavy atom. The van der Waals surface area contributed by atoms with Crippen LogP contribution in [0.4, 0.5) is 0 Å². The number of methoxy groups -OCH3 is 4. The Kier molecular flexibility index (Phi) is 9.69. The highest BCUT2D eigenvalue weighted by Crippen LogP contribution is 2.52. The number of ether oxygens (including phenoxy) is 8. The van der Waals surface area contributed by atoms with Crippen molar-refractivity contribution in [3.8, 4) is 45.6 Å². The molecule has 0 aliphatic carbocycles. The lowest BCUT2D eigenvalue weighted by Crippen LogP contribution is -2.44. The van der Waals surface area contributed by atoms with Gasteiger partial charge in [0.05, 0.1) is 66.0 Å². The fourth-order valence-electron chi connectivity index (χ4n) is 4.86. The molecule has 0 saturated carbocycles. The molecule has 2 atom stereocenters. The van der Waals surface area contributed by atoms with Crippen LogP contribution in [0.5, 0.6) is 34.5 Å². The summed E-state index contributed by atoms with van der Waals surface area (Å²) >= 11 is 0. The summed E-state index contributed by atoms with van der Waals surface area (Å²) in [6.07, 6.45) is -1.10. The van der Waals surface area contributed by atoms with Gasteiger partial charge in [-0.3, -0.25) is 0 Å². The van der Waals surface area contributed by atoms with Gasteiger partial charge in [0.2, 0.25) is 0 Å². The lowest BCUT2D eigenvalue weighted by molar-refractivity contribution is -0.0554. The maximum atomic E-state index is 6.71. The Morgan fingerprint density at radius 2 is 0.929 bits per heavy atom. The van der Waals surface area contributed by atoms with Gasteiger partial charge in [0, 0.05) is 24.3 Å². The van der Waals surface area contributed by atoms with E-state index in [1.807, 2.05) is 72.8 Å². The van der Waals surface area contributed by atoms with E-state index < -0.39 is 12.2 Å². The Bertz CT molecular complexity index is 1330. The highest BCUT2D eigenvalue weighted by molar-refractivity contribution is 5.87. The maximum Gasteiger partial charge on any atom is 0.161 e. The van der Waals surface area contributed by atoms with Crippen molar-refractivity contribution in [3.63, 3.8) is 0 Å². The molecule has 0 N–H and O–H groups in total. The Morgan fingerprint density at radius 1 is 0.524 bits per heavy atom. The molecule has 8 nitrogen and oxygen atoms in total. The van der Waals surface area contributed by atoms with Gasteiger partial charge in [-0.1, -0.05) is 60.7 Å². The van der Waals surface area contributed by atoms with Crippen molar-refractivity contribution < 1.29 is 37.9 Å². The van der Waals surface area contributed by atoms with Crippen molar-refractivity contribution in [2.75, 3.05) is 41.7 Å². The average molecular weight is 573 g/mol. The third-order valence-electron chi connectivity index (χ3n) is 7.00. The van der Waals surface area contributed by atoms with Gasteiger partial charge in [-0.15, -0.1) is 0 Å². The highest BCUT2D eigenvalue weighted by Gasteiger charge is 2.34. The fourth-order valence-corrected chi connectivity index (χ4v) is 4.86. The predicted octanol–water partition coefficient (Wildman–Crippen LogP) is 6.33. The van der Waals surface area contributed by atoms with Crippen molar-refractivity contribution in [1.82, 2.24) is 0 Å². The van der Waals surface area contributed by atoms with Crippen molar-refractivity contribution >= 4 is 0 Å². The molecular weight excluding hydrogens is 536 g/mol. The minimum absolute atomic E-state index is 0.240. The molecule has 4 aromatic rings. The second-order valence-corrected chi connectivity index (χ2v) is 9.72. The van der Waals surface area contributed by atoms with Crippen molar-refractivity contribution in [2.45, 2.75) is 25.4 Å². The predicted molar refractivity (Wildman–Crippen MR) is 159 cm³/mol. The third kappa shape index (κ3) is 6.73. The number of hydrogen-bond acceptors (Lipinski definition) is 8. The maximum absolute atomic E-state index is 6.71. The van der Waals surface area contributed by atoms with Gasteiger partial charge >= 0.3 is 0 Å². The van der Waals surface area contributed by atoms with E-state index >= 15 is 0 Å². The Labute approximate surface area is 246 Å². The third-order valence-corrected chi connectivity index (χ3v) is 7.00. The van der Waals surface area contributed by atoms with Crippen LogP contribution in [0.25, 0.3) is 11.1 Å². The van der Waals surface area contributed by atoms with E-state index in [-0.39, 0.29) is 13.2 Å². The zero-order valence-corrected chi connectivity index (χ0v) is 24.3. The molecule has 0 amide bonds. The van der Waals surface area contributed by atoms with Crippen molar-refractivity contribution in [3.05, 3.63) is 96.1 Å². The summed E-state index contributed by atoms with van der Waals surface area (Å²) in [5.74, 6) is 3.34. The van der Waals surface area contributed by atoms with Crippen molar-refractivity contribution in [1.29, 1.82) is 0 Å². The molecule has 1 aliphatic heterocycles. The first-order chi connectivity index (χ1) is 20.6. The van der Waals surface area contributed by atoms with Crippen LogP contribution in [-0.4, -0.2) is 53.9 Å². The fraction of sp³-hybridized carbons (Fsp3) is 0.294. The van der Waals surface area contributed by atoms with Gasteiger partial charge in [-0.05, 0) is 11.1 Å². The highest BCUT2D eigenvalue weighted by atomic mass is 16.6. The van der Waals surface area contributed by atoms with Crippen LogP contribution in [0.1, 0.15) is 11.1 Å². The molecule has 0 spiro atoms. The summed E-state index contributed by atoms with van der Waals surface area (Å²) in [5, 5.41) is 0. The molecule has 0 unspecified atom stereocenters. The first kappa shape index (κ1) is 29.1. The SMILES string of the molecule is COc1cc(OC)c2c(c1)O[C@@H](COCc1ccccc1)[C@H](COCc1ccccc1)Oc1cc(OC)cc(OC)c1-2. The normalized spacial score (nSPS) is 15.6. The van der Waals surface area contributed by atoms with Crippen LogP contribution in [0.2, 0.25) is 0 Å². The summed E-state index contributed by atoms with van der Waals surface area (Å²) in [6.45, 7) is 1.32. The minimum Gasteiger partial charge on any atom is -0.496 e. The van der Waals surface area contributed by atoms with Gasteiger partial charge in [-0.25, -0.2) is 0 Å². The second kappa shape index (κ2) is 14.0. The number of rotatable bonds is 12. The zero-order chi connectivity index (χ0) is 29.3. The molecule has 220 valence electrons. The molecule has 0 aromatic heterocycles. The van der Waals surface area contributed by atoms with E-state index in [1.165, 1.54) is 0 Å². The molecule has 42 heavy (non-hydrogen) atoms. The largest absolute Gasteiger partial charge is 0.496 e. The molecule has 1 aliphatic rings. The summed E-state index contributed by atoms with van der Waals surface area (Å²) in [6, 6.07) is 27.3. The van der Waals surface area contributed by atoms with Crippen LogP contribution >= 0.6 is 0 Å². The number of hydrogen-bond donors (Lipinski definition) is 0. The molecular formula is C34H36O8. The van der Waals surface area contributed by atoms with Crippen LogP contribution in [0.3, 0.4) is 0 Å². The number of benzene rings is 4. The van der Waals surface area contributed by atoms with E-state index in [0.717, 1.165) is 11.1 Å². The van der Waals surface area contributed by atoms with Gasteiger partial charge in [0.25, 0.3) is 0 Å². The van der Waals surface area contributed by atoms with E-state index in [2.05, 4.69) is 0 Å². The van der Waals surface area contributed by atoms with E-state index in [9.17, 15) is 0 Å². The van der Waals surface area contributed by atoms with Crippen LogP contribution in [0.15, 0.2) is 84.9 Å². The standard InChI is InChI=1S/C34H36O8/c1-35-25-15-27(37-3)33-29(17-25)41-31(21-39-19-23-11-7-5-8-12-23)32(22-40-20-24-13-9-6-10-14-24)42-30-18-26(36-2)16-28(38-4)34(30)33/h5-18,31-32H,19-22H2,1-4H3/t31-,32-/m0/s1. The monoisotopic (exact) mass is 572 g/mol. The zero-order valence-electron chi connectivity index (χ0n) is 24.3. The van der Waals surface area contributed by atoms with Crippen molar-refractivity contribution in [2.24, 2.45) is 0 Å². The Hall–Kier alpha value is -4.40. The average Bonchev–Trinajstić information content (AvgIpc) is 3.03. The molecule has 5 rings (SSSR count). The van der Waals surface area contributed by atoms with Gasteiger partial charge in [0.1, 0.15) is 34.5 Å². The minimum atomic E-state index is -0.551. The molecule has 0 bridgehead atoms. The summed E-state index contributed by atoms with van der Waals surface area (Å²) in [4.78, 5) is 0. The lowest BCUT2D eigenvalue weighted by atomic mass is 9.99. The summed E-state index contributed by atoms with van der Waals surface area (Å²) < 4.78 is 48.6. The summed E-state index contributed by atoms with van der Waals surface area (Å²) in [7, 11) is 6.41. The van der Waals surface area contributed by atoms with Crippen LogP contribution < -0.4 is 28.4 Å². The quantitative estimate of drug-likeness (QED) is 0.195. The van der Waals surface area contributed by atoms with Crippen LogP contribution in [0, 0.1) is 0 Å². The van der Waals surface area contributed by atoms with E-state index in [4.69, 9.17) is 37.9 Å². The first-order valence-corrected chi connectivity index (χ1v) is 13.7. The van der Waals surface area contributed by atoms with Crippen LogP contribution in [-0.2, 0) is 22.7 Å². The Balaban J connectivity index is 1.55. The smallest absolute Gasteiger partial charge is 0.161 e. The van der Waals surface area contributed by atoms with Gasteiger partial charge < -0.3 is 37.9 Å². The molecule has 0 radical (unpaired) electrons.